The van der Waals surface area contributed by atoms with Crippen LogP contribution in [0.3, 0.4) is 0 Å². The second-order valence-corrected chi connectivity index (χ2v) is 6.13. The first-order chi connectivity index (χ1) is 10.7. The zero-order valence-electron chi connectivity index (χ0n) is 12.2. The predicted octanol–water partition coefficient (Wildman–Crippen LogP) is 2.81. The van der Waals surface area contributed by atoms with Crippen LogP contribution in [0, 0.1) is 11.8 Å². The number of pyridine rings is 1. The van der Waals surface area contributed by atoms with E-state index in [4.69, 9.17) is 5.73 Å². The lowest BCUT2D eigenvalue weighted by Gasteiger charge is -2.19. The van der Waals surface area contributed by atoms with Crippen molar-refractivity contribution in [3.63, 3.8) is 0 Å². The average Bonchev–Trinajstić information content (AvgIpc) is 3.16. The lowest BCUT2D eigenvalue weighted by Crippen LogP contribution is -2.34. The Labute approximate surface area is 129 Å². The third-order valence-electron chi connectivity index (χ3n) is 4.57. The summed E-state index contributed by atoms with van der Waals surface area (Å²) in [6.45, 7) is 1.75. The highest BCUT2D eigenvalue weighted by molar-refractivity contribution is 5.94. The normalized spacial score (nSPS) is 22.3. The van der Waals surface area contributed by atoms with Gasteiger partial charge in [0.25, 0.3) is 0 Å². The van der Waals surface area contributed by atoms with Crippen molar-refractivity contribution in [2.24, 2.45) is 11.8 Å². The molecule has 1 aliphatic heterocycles. The summed E-state index contributed by atoms with van der Waals surface area (Å²) in [5.74, 6) is 1.46. The quantitative estimate of drug-likeness (QED) is 0.837. The number of nitrogens with zero attached hydrogens (tertiary/aromatic N) is 2. The van der Waals surface area contributed by atoms with Crippen molar-refractivity contribution < 1.29 is 4.79 Å². The van der Waals surface area contributed by atoms with Crippen molar-refractivity contribution in [3.8, 4) is 11.1 Å². The summed E-state index contributed by atoms with van der Waals surface area (Å²) in [5, 5.41) is 2.95. The number of nitrogen functional groups attached to an aromatic ring is 1. The van der Waals surface area contributed by atoms with Gasteiger partial charge in [0.2, 0.25) is 0 Å². The van der Waals surface area contributed by atoms with Gasteiger partial charge in [0.05, 0.1) is 11.4 Å². The van der Waals surface area contributed by atoms with Gasteiger partial charge in [-0.2, -0.15) is 0 Å². The molecular formula is C17H18N4O. The summed E-state index contributed by atoms with van der Waals surface area (Å²) >= 11 is 0. The Morgan fingerprint density at radius 2 is 1.86 bits per heavy atom. The van der Waals surface area contributed by atoms with Crippen molar-refractivity contribution >= 4 is 17.4 Å². The highest BCUT2D eigenvalue weighted by Crippen LogP contribution is 2.45. The maximum absolute atomic E-state index is 12.3. The van der Waals surface area contributed by atoms with Crippen LogP contribution in [0.15, 0.2) is 42.7 Å². The van der Waals surface area contributed by atoms with E-state index in [0.29, 0.717) is 11.4 Å². The van der Waals surface area contributed by atoms with Crippen LogP contribution in [0.25, 0.3) is 11.1 Å². The van der Waals surface area contributed by atoms with Crippen molar-refractivity contribution in [1.82, 2.24) is 9.88 Å². The van der Waals surface area contributed by atoms with E-state index in [1.807, 2.05) is 35.2 Å². The van der Waals surface area contributed by atoms with Crippen LogP contribution in [-0.2, 0) is 0 Å². The molecule has 2 aliphatic rings. The second kappa shape index (κ2) is 5.02. The Balaban J connectivity index is 1.54. The highest BCUT2D eigenvalue weighted by Gasteiger charge is 2.46. The van der Waals surface area contributed by atoms with Crippen LogP contribution in [0.4, 0.5) is 16.2 Å². The third-order valence-corrected chi connectivity index (χ3v) is 4.57. The molecular weight excluding hydrogens is 276 g/mol. The van der Waals surface area contributed by atoms with Gasteiger partial charge in [-0.1, -0.05) is 6.07 Å². The lowest BCUT2D eigenvalue weighted by atomic mass is 10.1. The summed E-state index contributed by atoms with van der Waals surface area (Å²) in [4.78, 5) is 18.2. The molecule has 1 saturated heterocycles. The summed E-state index contributed by atoms with van der Waals surface area (Å²) in [7, 11) is 0. The van der Waals surface area contributed by atoms with Crippen molar-refractivity contribution in [2.75, 3.05) is 24.1 Å². The molecule has 5 heteroatoms. The van der Waals surface area contributed by atoms with Gasteiger partial charge in [0, 0.05) is 25.5 Å². The number of hydrogen-bond donors (Lipinski definition) is 2. The van der Waals surface area contributed by atoms with Crippen LogP contribution < -0.4 is 11.1 Å². The van der Waals surface area contributed by atoms with Crippen molar-refractivity contribution in [1.29, 1.82) is 0 Å². The molecule has 0 radical (unpaired) electrons. The van der Waals surface area contributed by atoms with Crippen LogP contribution in [-0.4, -0.2) is 29.0 Å². The average molecular weight is 294 g/mol. The van der Waals surface area contributed by atoms with Crippen molar-refractivity contribution in [3.05, 3.63) is 42.7 Å². The Bertz CT molecular complexity index is 706. The smallest absolute Gasteiger partial charge is 0.321 e. The van der Waals surface area contributed by atoms with E-state index in [-0.39, 0.29) is 6.03 Å². The largest absolute Gasteiger partial charge is 0.397 e. The van der Waals surface area contributed by atoms with Gasteiger partial charge in [-0.15, -0.1) is 0 Å². The van der Waals surface area contributed by atoms with Gasteiger partial charge >= 0.3 is 6.03 Å². The fourth-order valence-electron chi connectivity index (χ4n) is 3.15. The first-order valence-corrected chi connectivity index (χ1v) is 7.56. The van der Waals surface area contributed by atoms with Gasteiger partial charge in [-0.25, -0.2) is 4.79 Å². The second-order valence-electron chi connectivity index (χ2n) is 6.13. The van der Waals surface area contributed by atoms with Gasteiger partial charge < -0.3 is 16.0 Å². The Kier molecular flexibility index (Phi) is 2.99. The van der Waals surface area contributed by atoms with E-state index in [9.17, 15) is 4.79 Å². The molecule has 22 heavy (non-hydrogen) atoms. The summed E-state index contributed by atoms with van der Waals surface area (Å²) in [6, 6.07) is 9.51. The summed E-state index contributed by atoms with van der Waals surface area (Å²) in [5.41, 5.74) is 9.31. The van der Waals surface area contributed by atoms with Crippen LogP contribution in [0.2, 0.25) is 0 Å². The molecule has 1 aromatic carbocycles. The molecule has 0 bridgehead atoms. The van der Waals surface area contributed by atoms with Crippen molar-refractivity contribution in [2.45, 2.75) is 6.42 Å². The maximum Gasteiger partial charge on any atom is 0.321 e. The highest BCUT2D eigenvalue weighted by atomic mass is 16.2. The molecule has 2 amide bonds. The van der Waals surface area contributed by atoms with E-state index in [1.165, 1.54) is 6.42 Å². The summed E-state index contributed by atoms with van der Waals surface area (Å²) < 4.78 is 0. The molecule has 2 heterocycles. The molecule has 4 rings (SSSR count). The monoisotopic (exact) mass is 294 g/mol. The number of likely N-dealkylation sites (tertiary alicyclic amines) is 1. The molecule has 5 nitrogen and oxygen atoms in total. The minimum absolute atomic E-state index is 0.0502. The van der Waals surface area contributed by atoms with E-state index >= 15 is 0 Å². The zero-order valence-corrected chi connectivity index (χ0v) is 12.2. The Hall–Kier alpha value is -2.56. The molecule has 0 spiro atoms. The number of hydrogen-bond acceptors (Lipinski definition) is 3. The fourth-order valence-corrected chi connectivity index (χ4v) is 3.15. The first-order valence-electron chi connectivity index (χ1n) is 7.56. The number of aromatic nitrogens is 1. The van der Waals surface area contributed by atoms with Crippen LogP contribution in [0.5, 0.6) is 0 Å². The number of piperidine rings is 1. The molecule has 2 atom stereocenters. The standard InChI is InChI=1S/C17H18N4O/c18-15-2-1-12(11-3-5-19-6-4-11)8-16(15)20-17(22)21-9-13-7-14(13)10-21/h1-6,8,13-14H,7,9-10,18H2,(H,20,22). The number of amides is 2. The topological polar surface area (TPSA) is 71.2 Å². The Morgan fingerprint density at radius 1 is 1.14 bits per heavy atom. The zero-order chi connectivity index (χ0) is 15.1. The lowest BCUT2D eigenvalue weighted by molar-refractivity contribution is 0.217. The van der Waals surface area contributed by atoms with E-state index < -0.39 is 0 Å². The predicted molar refractivity (Wildman–Crippen MR) is 86.3 cm³/mol. The molecule has 2 fully saturated rings. The number of fused-ring (bicyclic) bond motifs is 1. The Morgan fingerprint density at radius 3 is 2.59 bits per heavy atom. The van der Waals surface area contributed by atoms with E-state index in [0.717, 1.165) is 36.1 Å². The summed E-state index contributed by atoms with van der Waals surface area (Å²) in [6.07, 6.45) is 4.78. The molecule has 1 saturated carbocycles. The van der Waals surface area contributed by atoms with Crippen LogP contribution in [0.1, 0.15) is 6.42 Å². The number of carbonyl (C=O) groups is 1. The molecule has 3 N–H and O–H groups in total. The number of nitrogens with two attached hydrogens (primary N) is 1. The van der Waals surface area contributed by atoms with E-state index in [1.54, 1.807) is 12.4 Å². The minimum atomic E-state index is -0.0502. The number of benzene rings is 1. The number of anilines is 2. The van der Waals surface area contributed by atoms with E-state index in [2.05, 4.69) is 10.3 Å². The fraction of sp³-hybridized carbons (Fsp3) is 0.294. The van der Waals surface area contributed by atoms with Gasteiger partial charge in [-0.3, -0.25) is 4.98 Å². The number of carbonyl (C=O) groups excluding carboxylic acids is 1. The number of nitrogens with one attached hydrogen (secondary N) is 1. The molecule has 112 valence electrons. The van der Waals surface area contributed by atoms with Gasteiger partial charge in [-0.05, 0) is 53.6 Å². The molecule has 2 unspecified atom stereocenters. The maximum atomic E-state index is 12.3. The molecule has 1 aliphatic carbocycles. The van der Waals surface area contributed by atoms with Crippen LogP contribution >= 0.6 is 0 Å². The molecule has 2 aromatic rings. The van der Waals surface area contributed by atoms with Gasteiger partial charge in [0.1, 0.15) is 0 Å². The number of urea groups is 1. The first kappa shape index (κ1) is 13.1. The SMILES string of the molecule is Nc1ccc(-c2ccncc2)cc1NC(=O)N1CC2CC2C1. The number of rotatable bonds is 2. The van der Waals surface area contributed by atoms with Gasteiger partial charge in [0.15, 0.2) is 0 Å². The third kappa shape index (κ3) is 2.39. The minimum Gasteiger partial charge on any atom is -0.397 e. The molecule has 1 aromatic heterocycles.